The van der Waals surface area contributed by atoms with E-state index >= 15 is 0 Å². The lowest BCUT2D eigenvalue weighted by molar-refractivity contribution is -0.135. The molecule has 31 heavy (non-hydrogen) atoms. The average Bonchev–Trinajstić information content (AvgIpc) is 3.34. The Morgan fingerprint density at radius 2 is 1.84 bits per heavy atom. The molecule has 0 saturated carbocycles. The number of guanidine groups is 1. The molecular weight excluding hydrogens is 505 g/mol. The van der Waals surface area contributed by atoms with E-state index in [-0.39, 0.29) is 30.0 Å². The van der Waals surface area contributed by atoms with Crippen molar-refractivity contribution in [1.82, 2.24) is 20.0 Å². The molecule has 2 unspecified atom stereocenters. The summed E-state index contributed by atoms with van der Waals surface area (Å²) in [6.07, 6.45) is 3.31. The summed E-state index contributed by atoms with van der Waals surface area (Å²) in [6, 6.07) is 8.31. The van der Waals surface area contributed by atoms with Gasteiger partial charge in [0.25, 0.3) is 0 Å². The molecule has 172 valence electrons. The van der Waals surface area contributed by atoms with Crippen LogP contribution in [0.15, 0.2) is 29.3 Å². The van der Waals surface area contributed by atoms with Crippen molar-refractivity contribution in [2.24, 2.45) is 4.99 Å². The van der Waals surface area contributed by atoms with Crippen LogP contribution in [0.3, 0.4) is 0 Å². The van der Waals surface area contributed by atoms with Crippen LogP contribution in [0.4, 0.5) is 0 Å². The normalized spacial score (nSPS) is 22.9. The molecule has 0 aliphatic carbocycles. The number of ether oxygens (including phenoxy) is 1. The summed E-state index contributed by atoms with van der Waals surface area (Å²) in [6.45, 7) is 9.10. The SMILES string of the molecule is CN=C(NCC1CCOc2ccccc21)N1CCN(C(C)C(=O)N2CCCC2)CC1.I. The predicted octanol–water partition coefficient (Wildman–Crippen LogP) is 2.37. The molecular formula is C23H36IN5O2. The van der Waals surface area contributed by atoms with E-state index in [1.807, 2.05) is 18.0 Å². The fourth-order valence-electron chi connectivity index (χ4n) is 4.85. The molecule has 1 amide bonds. The third-order valence-corrected chi connectivity index (χ3v) is 6.74. The van der Waals surface area contributed by atoms with Gasteiger partial charge in [-0.25, -0.2) is 0 Å². The number of amides is 1. The highest BCUT2D eigenvalue weighted by atomic mass is 127. The maximum absolute atomic E-state index is 12.7. The summed E-state index contributed by atoms with van der Waals surface area (Å²) in [5, 5.41) is 3.59. The van der Waals surface area contributed by atoms with E-state index in [0.717, 1.165) is 83.4 Å². The van der Waals surface area contributed by atoms with Gasteiger partial charge in [0, 0.05) is 58.8 Å². The summed E-state index contributed by atoms with van der Waals surface area (Å²) < 4.78 is 5.79. The van der Waals surface area contributed by atoms with Crippen LogP contribution in [0.1, 0.15) is 37.7 Å². The molecule has 0 aromatic heterocycles. The summed E-state index contributed by atoms with van der Waals surface area (Å²) >= 11 is 0. The molecule has 1 aromatic rings. The maximum Gasteiger partial charge on any atom is 0.239 e. The highest BCUT2D eigenvalue weighted by Crippen LogP contribution is 2.32. The number of rotatable bonds is 4. The van der Waals surface area contributed by atoms with E-state index in [2.05, 4.69) is 45.2 Å². The van der Waals surface area contributed by atoms with Gasteiger partial charge in [-0.3, -0.25) is 14.7 Å². The Morgan fingerprint density at radius 1 is 1.13 bits per heavy atom. The number of aliphatic imine (C=N–C) groups is 1. The van der Waals surface area contributed by atoms with E-state index < -0.39 is 0 Å². The quantitative estimate of drug-likeness (QED) is 0.361. The average molecular weight is 541 g/mol. The van der Waals surface area contributed by atoms with Crippen molar-refractivity contribution in [3.63, 3.8) is 0 Å². The van der Waals surface area contributed by atoms with E-state index in [4.69, 9.17) is 4.74 Å². The highest BCUT2D eigenvalue weighted by molar-refractivity contribution is 14.0. The van der Waals surface area contributed by atoms with Gasteiger partial charge in [0.05, 0.1) is 12.6 Å². The zero-order valence-electron chi connectivity index (χ0n) is 18.8. The second-order valence-corrected chi connectivity index (χ2v) is 8.53. The Bertz CT molecular complexity index is 760. The molecule has 2 saturated heterocycles. The van der Waals surface area contributed by atoms with E-state index in [9.17, 15) is 4.79 Å². The summed E-state index contributed by atoms with van der Waals surface area (Å²) in [5.74, 6) is 2.70. The lowest BCUT2D eigenvalue weighted by Crippen LogP contribution is -2.57. The zero-order chi connectivity index (χ0) is 20.9. The van der Waals surface area contributed by atoms with Crippen LogP contribution in [-0.2, 0) is 4.79 Å². The minimum absolute atomic E-state index is 0. The number of halogens is 1. The maximum atomic E-state index is 12.7. The van der Waals surface area contributed by atoms with Gasteiger partial charge in [0.1, 0.15) is 5.75 Å². The molecule has 7 nitrogen and oxygen atoms in total. The minimum atomic E-state index is -0.0287. The first-order valence-electron chi connectivity index (χ1n) is 11.4. The number of nitrogens with zero attached hydrogens (tertiary/aromatic N) is 4. The van der Waals surface area contributed by atoms with Crippen molar-refractivity contribution >= 4 is 35.8 Å². The Labute approximate surface area is 203 Å². The Hall–Kier alpha value is -1.55. The Kier molecular flexibility index (Phi) is 8.83. The molecule has 1 aromatic carbocycles. The van der Waals surface area contributed by atoms with Crippen LogP contribution in [0.2, 0.25) is 0 Å². The third kappa shape index (κ3) is 5.63. The zero-order valence-corrected chi connectivity index (χ0v) is 21.1. The molecule has 2 fully saturated rings. The van der Waals surface area contributed by atoms with Crippen LogP contribution in [0.25, 0.3) is 0 Å². The van der Waals surface area contributed by atoms with Gasteiger partial charge in [-0.15, -0.1) is 24.0 Å². The number of hydrogen-bond acceptors (Lipinski definition) is 4. The molecule has 2 atom stereocenters. The van der Waals surface area contributed by atoms with Crippen LogP contribution in [0.5, 0.6) is 5.75 Å². The number of likely N-dealkylation sites (tertiary alicyclic amines) is 1. The van der Waals surface area contributed by atoms with Gasteiger partial charge in [-0.05, 0) is 37.8 Å². The highest BCUT2D eigenvalue weighted by Gasteiger charge is 2.31. The van der Waals surface area contributed by atoms with Gasteiger partial charge in [0.2, 0.25) is 5.91 Å². The van der Waals surface area contributed by atoms with Crippen molar-refractivity contribution < 1.29 is 9.53 Å². The number of hydrogen-bond donors (Lipinski definition) is 1. The van der Waals surface area contributed by atoms with Crippen molar-refractivity contribution in [3.05, 3.63) is 29.8 Å². The largest absolute Gasteiger partial charge is 0.493 e. The van der Waals surface area contributed by atoms with Crippen molar-refractivity contribution in [2.75, 3.05) is 59.5 Å². The molecule has 3 aliphatic heterocycles. The number of carbonyl (C=O) groups excluding carboxylic acids is 1. The van der Waals surface area contributed by atoms with Crippen molar-refractivity contribution in [2.45, 2.75) is 38.1 Å². The number of para-hydroxylation sites is 1. The van der Waals surface area contributed by atoms with Crippen molar-refractivity contribution in [3.8, 4) is 5.75 Å². The smallest absolute Gasteiger partial charge is 0.239 e. The van der Waals surface area contributed by atoms with Crippen LogP contribution >= 0.6 is 24.0 Å². The van der Waals surface area contributed by atoms with Gasteiger partial charge >= 0.3 is 0 Å². The first kappa shape index (κ1) is 24.1. The van der Waals surface area contributed by atoms with E-state index in [0.29, 0.717) is 11.8 Å². The van der Waals surface area contributed by atoms with Crippen LogP contribution in [-0.4, -0.2) is 92.1 Å². The Balaban J connectivity index is 0.00000272. The minimum Gasteiger partial charge on any atom is -0.493 e. The first-order chi connectivity index (χ1) is 14.7. The molecule has 3 heterocycles. The van der Waals surface area contributed by atoms with Crippen LogP contribution in [0, 0.1) is 0 Å². The molecule has 0 spiro atoms. The van der Waals surface area contributed by atoms with Crippen LogP contribution < -0.4 is 10.1 Å². The van der Waals surface area contributed by atoms with E-state index in [1.165, 1.54) is 5.56 Å². The fourth-order valence-corrected chi connectivity index (χ4v) is 4.85. The van der Waals surface area contributed by atoms with Gasteiger partial charge < -0.3 is 19.9 Å². The number of piperazine rings is 1. The molecule has 1 N–H and O–H groups in total. The van der Waals surface area contributed by atoms with Crippen molar-refractivity contribution in [1.29, 1.82) is 0 Å². The summed E-state index contributed by atoms with van der Waals surface area (Å²) in [4.78, 5) is 23.9. The molecule has 8 heteroatoms. The molecule has 0 bridgehead atoms. The summed E-state index contributed by atoms with van der Waals surface area (Å²) in [7, 11) is 1.85. The molecule has 0 radical (unpaired) electrons. The molecule has 4 rings (SSSR count). The number of nitrogens with one attached hydrogen (secondary N) is 1. The summed E-state index contributed by atoms with van der Waals surface area (Å²) in [5.41, 5.74) is 1.28. The second-order valence-electron chi connectivity index (χ2n) is 8.53. The number of benzene rings is 1. The standard InChI is InChI=1S/C23H35N5O2.HI/c1-18(22(29)27-10-5-6-11-27)26-12-14-28(15-13-26)23(24-2)25-17-19-9-16-30-21-8-4-3-7-20(19)21;/h3-4,7-8,18-19H,5-6,9-17H2,1-2H3,(H,24,25);1H. The van der Waals surface area contributed by atoms with Gasteiger partial charge in [-0.1, -0.05) is 18.2 Å². The fraction of sp³-hybridized carbons (Fsp3) is 0.652. The van der Waals surface area contributed by atoms with Gasteiger partial charge in [0.15, 0.2) is 5.96 Å². The molecule has 3 aliphatic rings. The lowest BCUT2D eigenvalue weighted by atomic mass is 9.93. The second kappa shape index (κ2) is 11.4. The predicted molar refractivity (Wildman–Crippen MR) is 134 cm³/mol. The van der Waals surface area contributed by atoms with Gasteiger partial charge in [-0.2, -0.15) is 0 Å². The monoisotopic (exact) mass is 541 g/mol. The third-order valence-electron chi connectivity index (χ3n) is 6.74. The number of fused-ring (bicyclic) bond motifs is 1. The lowest BCUT2D eigenvalue weighted by Gasteiger charge is -2.40. The number of carbonyl (C=O) groups is 1. The first-order valence-corrected chi connectivity index (χ1v) is 11.4. The van der Waals surface area contributed by atoms with E-state index in [1.54, 1.807) is 0 Å². The Morgan fingerprint density at radius 3 is 2.55 bits per heavy atom. The topological polar surface area (TPSA) is 60.4 Å².